The molecule has 0 amide bonds. The van der Waals surface area contributed by atoms with Gasteiger partial charge in [0.1, 0.15) is 17.2 Å². The maximum atomic E-state index is 14.2. The lowest BCUT2D eigenvalue weighted by Crippen LogP contribution is -2.66. The Labute approximate surface area is 313 Å². The molecule has 0 bridgehead atoms. The number of nitrogens with one attached hydrogen (secondary N) is 1. The van der Waals surface area contributed by atoms with E-state index >= 15 is 0 Å². The molecule has 1 saturated carbocycles. The highest BCUT2D eigenvalue weighted by atomic mass is 35.5. The van der Waals surface area contributed by atoms with Crippen LogP contribution in [-0.4, -0.2) is 133 Å². The summed E-state index contributed by atoms with van der Waals surface area (Å²) < 4.78 is 12.2. The van der Waals surface area contributed by atoms with E-state index in [4.69, 9.17) is 25.9 Å². The van der Waals surface area contributed by atoms with Crippen LogP contribution in [0.15, 0.2) is 29.8 Å². The lowest BCUT2D eigenvalue weighted by molar-refractivity contribution is -0.225. The number of anilines is 1. The van der Waals surface area contributed by atoms with Gasteiger partial charge < -0.3 is 29.5 Å². The molecular formula is C39H58ClN5O7. The number of piperidine rings is 1. The largest absolute Gasteiger partial charge is 0.454 e. The molecule has 13 heteroatoms. The minimum atomic E-state index is -1.55. The number of benzene rings is 1. The molecule has 2 aliphatic carbocycles. The number of hydroxylamine groups is 1. The molecule has 1 aromatic rings. The number of para-hydroxylation sites is 1. The fraction of sp³-hybridized carbons (Fsp3) is 0.744. The van der Waals surface area contributed by atoms with E-state index in [-0.39, 0.29) is 30.1 Å². The summed E-state index contributed by atoms with van der Waals surface area (Å²) in [7, 11) is 3.90. The van der Waals surface area contributed by atoms with Crippen LogP contribution in [0.3, 0.4) is 0 Å². The first-order valence-corrected chi connectivity index (χ1v) is 19.7. The molecule has 6 aliphatic rings. The molecule has 3 saturated heterocycles. The Hall–Kier alpha value is -2.29. The number of ether oxygens (including phenoxy) is 2. The Bertz CT molecular complexity index is 1530. The Morgan fingerprint density at radius 1 is 1.06 bits per heavy atom. The van der Waals surface area contributed by atoms with Gasteiger partial charge in [-0.05, 0) is 82.1 Å². The van der Waals surface area contributed by atoms with E-state index in [1.165, 1.54) is 24.8 Å². The Balaban J connectivity index is 1.08. The van der Waals surface area contributed by atoms with Crippen molar-refractivity contribution in [3.8, 4) is 0 Å². The number of carbonyl (C=O) groups excluding carboxylic acids is 2. The van der Waals surface area contributed by atoms with Crippen LogP contribution in [0.25, 0.3) is 0 Å². The monoisotopic (exact) mass is 743 g/mol. The number of likely N-dealkylation sites (tertiary alicyclic amines) is 1. The maximum absolute atomic E-state index is 14.2. The third-order valence-corrected chi connectivity index (χ3v) is 13.7. The Morgan fingerprint density at radius 2 is 1.77 bits per heavy atom. The zero-order valence-corrected chi connectivity index (χ0v) is 32.3. The fourth-order valence-corrected chi connectivity index (χ4v) is 10.7. The van der Waals surface area contributed by atoms with Gasteiger partial charge in [-0.15, -0.1) is 0 Å². The van der Waals surface area contributed by atoms with Crippen LogP contribution in [-0.2, 0) is 29.5 Å². The van der Waals surface area contributed by atoms with E-state index in [0.717, 1.165) is 64.2 Å². The van der Waals surface area contributed by atoms with Crippen molar-refractivity contribution in [2.24, 2.45) is 23.7 Å². The van der Waals surface area contributed by atoms with Crippen LogP contribution in [0.4, 0.5) is 5.69 Å². The summed E-state index contributed by atoms with van der Waals surface area (Å²) in [6.07, 6.45) is 3.11. The predicted molar refractivity (Wildman–Crippen MR) is 197 cm³/mol. The number of piperazine rings is 1. The number of aliphatic hydroxyl groups is 2. The topological polar surface area (TPSA) is 127 Å². The molecule has 10 atom stereocenters. The van der Waals surface area contributed by atoms with E-state index in [1.807, 2.05) is 13.8 Å². The van der Waals surface area contributed by atoms with Crippen molar-refractivity contribution in [2.45, 2.75) is 102 Å². The van der Waals surface area contributed by atoms with E-state index in [2.05, 4.69) is 40.1 Å². The van der Waals surface area contributed by atoms with E-state index in [9.17, 15) is 19.8 Å². The van der Waals surface area contributed by atoms with Crippen LogP contribution in [0.5, 0.6) is 0 Å². The van der Waals surface area contributed by atoms with Gasteiger partial charge in [-0.1, -0.05) is 43.7 Å². The van der Waals surface area contributed by atoms with Gasteiger partial charge in [-0.3, -0.25) is 29.7 Å². The summed E-state index contributed by atoms with van der Waals surface area (Å²) in [6, 6.07) is 4.96. The smallest absolute Gasteiger partial charge is 0.323 e. The highest BCUT2D eigenvalue weighted by molar-refractivity contribution is 6.33. The van der Waals surface area contributed by atoms with Gasteiger partial charge in [0, 0.05) is 70.6 Å². The lowest BCUT2D eigenvalue weighted by Gasteiger charge is -2.56. The quantitative estimate of drug-likeness (QED) is 0.281. The third kappa shape index (κ3) is 6.80. The zero-order chi connectivity index (χ0) is 37.1. The van der Waals surface area contributed by atoms with Crippen molar-refractivity contribution in [1.82, 2.24) is 20.0 Å². The number of carbonyl (C=O) groups is 2. The number of fused-ring (bicyclic) bond motifs is 4. The number of likely N-dealkylation sites (N-methyl/N-ethyl adjacent to an activating group) is 1. The first-order valence-electron chi connectivity index (χ1n) is 19.3. The van der Waals surface area contributed by atoms with Crippen molar-refractivity contribution >= 4 is 29.2 Å². The normalized spacial score (nSPS) is 38.1. The van der Waals surface area contributed by atoms with Crippen molar-refractivity contribution < 1.29 is 34.1 Å². The molecule has 0 spiro atoms. The van der Waals surface area contributed by atoms with Gasteiger partial charge in [0.2, 0.25) is 0 Å². The first-order chi connectivity index (χ1) is 24.7. The molecule has 3 N–H and O–H groups in total. The minimum Gasteiger partial charge on any atom is -0.454 e. The summed E-state index contributed by atoms with van der Waals surface area (Å²) in [5.74, 6) is -1.26. The van der Waals surface area contributed by atoms with Gasteiger partial charge >= 0.3 is 11.9 Å². The lowest BCUT2D eigenvalue weighted by atomic mass is 9.55. The molecule has 4 heterocycles. The average Bonchev–Trinajstić information content (AvgIpc) is 3.45. The van der Waals surface area contributed by atoms with Crippen molar-refractivity contribution in [2.75, 3.05) is 65.0 Å². The second kappa shape index (κ2) is 14.7. The number of halogens is 1. The molecule has 52 heavy (non-hydrogen) atoms. The number of hydrogen-bond donors (Lipinski definition) is 3. The Morgan fingerprint density at radius 3 is 2.46 bits per heavy atom. The molecule has 12 nitrogen and oxygen atoms in total. The SMILES string of the molecule is CC(=O)O[C@@H]1C(C)=C[C@@H]2[C@H](C(C)CN3CCC(N4CCN(C)CC4)CC3)CC[C@@H](C)[C@]2(O)[C@H]1OC(=O)[C@@H]1C[C@@]2(O)c3cccc(Cl)c3N(C)O[C@H]2N1. The van der Waals surface area contributed by atoms with Crippen molar-refractivity contribution in [3.05, 3.63) is 40.4 Å². The molecule has 7 rings (SSSR count). The molecule has 4 aliphatic heterocycles. The summed E-state index contributed by atoms with van der Waals surface area (Å²) in [6.45, 7) is 15.2. The molecule has 1 aromatic carbocycles. The van der Waals surface area contributed by atoms with Crippen LogP contribution in [0.1, 0.15) is 65.4 Å². The van der Waals surface area contributed by atoms with Gasteiger partial charge in [0.25, 0.3) is 0 Å². The van der Waals surface area contributed by atoms with Crippen molar-refractivity contribution in [3.63, 3.8) is 0 Å². The van der Waals surface area contributed by atoms with Gasteiger partial charge in [0.15, 0.2) is 18.4 Å². The number of nitrogens with zero attached hydrogens (tertiary/aromatic N) is 4. The van der Waals surface area contributed by atoms with E-state index < -0.39 is 47.6 Å². The molecule has 0 radical (unpaired) electrons. The summed E-state index contributed by atoms with van der Waals surface area (Å²) in [5, 5.41) is 29.9. The molecule has 1 unspecified atom stereocenters. The standard InChI is InChI=1S/C39H58ClN5O7/c1-23-20-30-28(24(2)22-44-14-12-27(13-15-44)45-18-16-42(5)17-19-45)11-10-25(3)39(30,49)35(34(23)50-26(4)46)51-36(47)32-21-38(48)29-8-7-9-31(40)33(29)43(6)52-37(38)41-32/h7-9,20,24-25,27-28,30,32,34-35,37,41,48-49H,10-19,21-22H2,1-6H3/t24?,25-,28+,30-,32+,34-,35+,37-,38-,39-/m1/s1. The fourth-order valence-electron chi connectivity index (χ4n) is 10.4. The second-order valence-electron chi connectivity index (χ2n) is 16.7. The summed E-state index contributed by atoms with van der Waals surface area (Å²) in [5.41, 5.74) is -1.17. The third-order valence-electron chi connectivity index (χ3n) is 13.4. The van der Waals surface area contributed by atoms with Gasteiger partial charge in [0.05, 0.1) is 10.7 Å². The van der Waals surface area contributed by atoms with Crippen LogP contribution < -0.4 is 10.4 Å². The minimum absolute atomic E-state index is 0.0278. The summed E-state index contributed by atoms with van der Waals surface area (Å²) >= 11 is 6.48. The second-order valence-corrected chi connectivity index (χ2v) is 17.1. The van der Waals surface area contributed by atoms with E-state index in [1.54, 1.807) is 25.2 Å². The predicted octanol–water partition coefficient (Wildman–Crippen LogP) is 3.14. The molecule has 0 aromatic heterocycles. The highest BCUT2D eigenvalue weighted by Gasteiger charge is 2.62. The van der Waals surface area contributed by atoms with Gasteiger partial charge in [-0.2, -0.15) is 0 Å². The van der Waals surface area contributed by atoms with E-state index in [0.29, 0.717) is 22.3 Å². The molecule has 4 fully saturated rings. The van der Waals surface area contributed by atoms with Crippen LogP contribution in [0, 0.1) is 23.7 Å². The highest BCUT2D eigenvalue weighted by Crippen LogP contribution is 2.53. The maximum Gasteiger partial charge on any atom is 0.323 e. The number of rotatable bonds is 7. The van der Waals surface area contributed by atoms with Crippen LogP contribution in [0.2, 0.25) is 5.02 Å². The molecular weight excluding hydrogens is 686 g/mol. The number of hydrogen-bond acceptors (Lipinski definition) is 12. The summed E-state index contributed by atoms with van der Waals surface area (Å²) in [4.78, 5) is 40.3. The Kier molecular flexibility index (Phi) is 10.8. The average molecular weight is 744 g/mol. The van der Waals surface area contributed by atoms with Crippen molar-refractivity contribution in [1.29, 1.82) is 0 Å². The van der Waals surface area contributed by atoms with Gasteiger partial charge in [-0.25, -0.2) is 0 Å². The first kappa shape index (κ1) is 38.0. The molecule has 288 valence electrons. The number of esters is 2. The zero-order valence-electron chi connectivity index (χ0n) is 31.6. The van der Waals surface area contributed by atoms with Crippen LogP contribution >= 0.6 is 11.6 Å².